The van der Waals surface area contributed by atoms with E-state index in [2.05, 4.69) is 0 Å². The van der Waals surface area contributed by atoms with E-state index in [0.29, 0.717) is 23.1 Å². The number of phenols is 2. The first-order valence-electron chi connectivity index (χ1n) is 24.2. The molecule has 3 heterocycles. The number of aliphatic hydroxyl groups excluding tert-OH is 6. The molecule has 0 radical (unpaired) electrons. The summed E-state index contributed by atoms with van der Waals surface area (Å²) in [6.45, 7) is 17.2. The molecule has 1 aromatic carbocycles. The van der Waals surface area contributed by atoms with Crippen molar-refractivity contribution in [2.75, 3.05) is 13.2 Å². The second kappa shape index (κ2) is 26.5. The number of hydrogen-bond acceptors (Lipinski definition) is 18. The number of aliphatic hydroxyl groups is 6. The lowest BCUT2D eigenvalue weighted by atomic mass is 9.88. The van der Waals surface area contributed by atoms with Gasteiger partial charge in [0, 0.05) is 12.3 Å². The topological polar surface area (TPSA) is 278 Å². The minimum atomic E-state index is -1.61. The van der Waals surface area contributed by atoms with Crippen molar-refractivity contribution < 1.29 is 88.4 Å². The van der Waals surface area contributed by atoms with Gasteiger partial charge in [-0.3, -0.25) is 4.79 Å². The molecule has 72 heavy (non-hydrogen) atoms. The number of ether oxygens (including phenoxy) is 7. The van der Waals surface area contributed by atoms with Gasteiger partial charge in [-0.25, -0.2) is 9.59 Å². The van der Waals surface area contributed by atoms with Crippen molar-refractivity contribution in [3.8, 4) is 11.5 Å². The highest BCUT2D eigenvalue weighted by Gasteiger charge is 2.53. The Hall–Kier alpha value is -3.89. The van der Waals surface area contributed by atoms with Gasteiger partial charge in [0.15, 0.2) is 36.3 Å². The third kappa shape index (κ3) is 14.7. The van der Waals surface area contributed by atoms with Gasteiger partial charge in [-0.1, -0.05) is 86.9 Å². The van der Waals surface area contributed by atoms with E-state index in [4.69, 9.17) is 56.4 Å². The van der Waals surface area contributed by atoms with E-state index in [1.54, 1.807) is 60.6 Å². The predicted molar refractivity (Wildman–Crippen MR) is 265 cm³/mol. The minimum Gasteiger partial charge on any atom is -0.505 e. The summed E-state index contributed by atoms with van der Waals surface area (Å²) in [6, 6.07) is 0. The number of hydrogen-bond donors (Lipinski definition) is 8. The Morgan fingerprint density at radius 1 is 0.917 bits per heavy atom. The minimum absolute atomic E-state index is 0.0413. The molecule has 0 spiro atoms. The Morgan fingerprint density at radius 2 is 1.58 bits per heavy atom. The zero-order valence-corrected chi connectivity index (χ0v) is 44.3. The molecule has 4 rings (SSSR count). The van der Waals surface area contributed by atoms with Crippen LogP contribution in [-0.4, -0.2) is 151 Å². The van der Waals surface area contributed by atoms with Crippen molar-refractivity contribution in [3.63, 3.8) is 0 Å². The Morgan fingerprint density at radius 3 is 2.18 bits per heavy atom. The van der Waals surface area contributed by atoms with Crippen molar-refractivity contribution >= 4 is 41.1 Å². The quantitative estimate of drug-likeness (QED) is 0.0656. The second-order valence-corrected chi connectivity index (χ2v) is 20.3. The van der Waals surface area contributed by atoms with Gasteiger partial charge in [-0.15, -0.1) is 0 Å². The Kier molecular flexibility index (Phi) is 22.4. The molecule has 3 aliphatic heterocycles. The first-order valence-corrected chi connectivity index (χ1v) is 25.0. The highest BCUT2D eigenvalue weighted by molar-refractivity contribution is 6.39. The van der Waals surface area contributed by atoms with Crippen LogP contribution >= 0.6 is 23.2 Å². The fourth-order valence-electron chi connectivity index (χ4n) is 8.65. The molecule has 18 nitrogen and oxygen atoms in total. The molecular weight excluding hydrogens is 983 g/mol. The molecular formula is C52H74Cl2O18. The maximum Gasteiger partial charge on any atom is 0.342 e. The summed E-state index contributed by atoms with van der Waals surface area (Å²) < 4.78 is 41.8. The molecule has 2 fully saturated rings. The summed E-state index contributed by atoms with van der Waals surface area (Å²) in [6.07, 6.45) is -4.48. The third-order valence-electron chi connectivity index (χ3n) is 13.1. The van der Waals surface area contributed by atoms with E-state index in [1.807, 2.05) is 26.0 Å². The van der Waals surface area contributed by atoms with Crippen LogP contribution in [-0.2, 0) is 49.2 Å². The molecule has 3 aliphatic rings. The van der Waals surface area contributed by atoms with Gasteiger partial charge >= 0.3 is 17.9 Å². The number of phenolic OH excluding ortho intramolecular Hbond substituents is 2. The van der Waals surface area contributed by atoms with E-state index in [1.165, 1.54) is 26.0 Å². The van der Waals surface area contributed by atoms with Crippen LogP contribution in [0.25, 0.3) is 0 Å². The maximum atomic E-state index is 13.9. The Labute approximate surface area is 431 Å². The molecule has 0 unspecified atom stereocenters. The van der Waals surface area contributed by atoms with Crippen LogP contribution in [0, 0.1) is 17.8 Å². The van der Waals surface area contributed by atoms with Gasteiger partial charge < -0.3 is 74.0 Å². The predicted octanol–water partition coefficient (Wildman–Crippen LogP) is 5.83. The van der Waals surface area contributed by atoms with Crippen LogP contribution in [0.15, 0.2) is 58.7 Å². The summed E-state index contributed by atoms with van der Waals surface area (Å²) in [4.78, 5) is 40.0. The lowest BCUT2D eigenvalue weighted by Crippen LogP contribution is -2.64. The average molecular weight is 1060 g/mol. The van der Waals surface area contributed by atoms with Crippen molar-refractivity contribution in [2.45, 2.75) is 181 Å². The SMILES string of the molecule is CCc1c(Cl)c(O)c(Cl)c(O)c1C(=O)O[C@H]1[C@H](O)[C@H](CO)[C@H](OC/C2=C\C=C\C[C@H](O)/C(C)=C/[C@H](CC)[C@@H](O[C@@H]3OC(C)(C)[C@@H](OC(=O)C(C)C)[C@H](O)[C@@H]3O)/C(C)=C/C(C)=C/C[C@@H]([C@@H](C)O)OC2=O)O[C@@H]1C. The fraction of sp³-hybridized carbons (Fsp3) is 0.635. The van der Waals surface area contributed by atoms with Crippen LogP contribution in [0.1, 0.15) is 111 Å². The number of carbonyl (C=O) groups excluding carboxylic acids is 3. The van der Waals surface area contributed by atoms with Crippen molar-refractivity contribution in [2.24, 2.45) is 17.8 Å². The summed E-state index contributed by atoms with van der Waals surface area (Å²) in [5, 5.41) is 86.8. The van der Waals surface area contributed by atoms with E-state index >= 15 is 0 Å². The number of rotatable bonds is 13. The van der Waals surface area contributed by atoms with Crippen LogP contribution in [0.3, 0.4) is 0 Å². The molecule has 20 heteroatoms. The van der Waals surface area contributed by atoms with Crippen molar-refractivity contribution in [3.05, 3.63) is 79.9 Å². The number of aromatic hydroxyl groups is 2. The van der Waals surface area contributed by atoms with Crippen molar-refractivity contribution in [1.82, 2.24) is 0 Å². The Balaban J connectivity index is 1.61. The standard InChI is InChI=1S/C52H74Cl2O18/c1-12-30-21-26(6)34(57)17-15-14-16-31(23-66-50-33(22-55)39(58)45(29(9)67-50)69-49(65)36-32(13-2)37(53)41(60)38(54)40(36)59)48(64)68-35(28(8)56)19-18-25(5)20-27(7)44(30)70-51-43(62)42(61)46(52(10,11)72-51)71-47(63)24(3)4/h14-16,18,20-21,24,28-30,33-35,39,42-46,50-51,55-62H,12-13,17,19,22-23H2,1-11H3/b15-14+,25-18+,26-21+,27-20+,31-16+/t28-,29-,30+,33+,34+,35+,39-,42-,43+,44+,45-,46+,50-,51-/m1/s1. The van der Waals surface area contributed by atoms with Gasteiger partial charge in [-0.05, 0) is 90.5 Å². The number of allylic oxidation sites excluding steroid dienone is 4. The zero-order chi connectivity index (χ0) is 54.1. The summed E-state index contributed by atoms with van der Waals surface area (Å²) in [7, 11) is 0. The second-order valence-electron chi connectivity index (χ2n) is 19.5. The number of cyclic esters (lactones) is 1. The molecule has 0 aromatic heterocycles. The number of benzene rings is 1. The molecule has 14 atom stereocenters. The maximum absolute atomic E-state index is 13.9. The molecule has 0 amide bonds. The molecule has 0 saturated carbocycles. The van der Waals surface area contributed by atoms with Gasteiger partial charge in [0.25, 0.3) is 0 Å². The summed E-state index contributed by atoms with van der Waals surface area (Å²) >= 11 is 12.2. The molecule has 1 aromatic rings. The highest BCUT2D eigenvalue weighted by atomic mass is 35.5. The first kappa shape index (κ1) is 60.7. The van der Waals surface area contributed by atoms with Crippen molar-refractivity contribution in [1.29, 1.82) is 0 Å². The van der Waals surface area contributed by atoms with E-state index in [0.717, 1.165) is 0 Å². The van der Waals surface area contributed by atoms with E-state index in [-0.39, 0.29) is 35.4 Å². The number of esters is 3. The van der Waals surface area contributed by atoms with E-state index < -0.39 is 150 Å². The third-order valence-corrected chi connectivity index (χ3v) is 13.9. The molecule has 0 bridgehead atoms. The van der Waals surface area contributed by atoms with Crippen LogP contribution in [0.2, 0.25) is 10.0 Å². The number of halogens is 2. The lowest BCUT2D eigenvalue weighted by molar-refractivity contribution is -0.333. The molecule has 2 saturated heterocycles. The zero-order valence-electron chi connectivity index (χ0n) is 42.8. The van der Waals surface area contributed by atoms with E-state index in [9.17, 15) is 55.2 Å². The normalized spacial score (nSPS) is 34.8. The first-order chi connectivity index (χ1) is 33.7. The van der Waals surface area contributed by atoms with Gasteiger partial charge in [0.2, 0.25) is 0 Å². The average Bonchev–Trinajstić information content (AvgIpc) is 3.32. The van der Waals surface area contributed by atoms with Crippen LogP contribution in [0.5, 0.6) is 11.5 Å². The molecule has 404 valence electrons. The smallest absolute Gasteiger partial charge is 0.342 e. The van der Waals surface area contributed by atoms with Gasteiger partial charge in [0.05, 0.1) is 60.1 Å². The largest absolute Gasteiger partial charge is 0.505 e. The highest BCUT2D eigenvalue weighted by Crippen LogP contribution is 2.45. The van der Waals surface area contributed by atoms with Gasteiger partial charge in [0.1, 0.15) is 40.6 Å². The lowest BCUT2D eigenvalue weighted by Gasteiger charge is -2.47. The Bertz CT molecular complexity index is 2220. The monoisotopic (exact) mass is 1060 g/mol. The van der Waals surface area contributed by atoms with Crippen LogP contribution < -0.4 is 0 Å². The van der Waals surface area contributed by atoms with Gasteiger partial charge in [-0.2, -0.15) is 0 Å². The molecule has 8 N–H and O–H groups in total. The van der Waals surface area contributed by atoms with Crippen LogP contribution in [0.4, 0.5) is 0 Å². The summed E-state index contributed by atoms with van der Waals surface area (Å²) in [5.74, 6) is -6.11. The molecule has 0 aliphatic carbocycles. The number of carbonyl (C=O) groups is 3. The summed E-state index contributed by atoms with van der Waals surface area (Å²) in [5.41, 5.74) is 0.221. The fourth-order valence-corrected chi connectivity index (χ4v) is 9.21.